The first-order valence-corrected chi connectivity index (χ1v) is 5.44. The zero-order valence-electron chi connectivity index (χ0n) is 8.85. The highest BCUT2D eigenvalue weighted by atomic mass is 15.1. The van der Waals surface area contributed by atoms with Gasteiger partial charge in [-0.15, -0.1) is 0 Å². The van der Waals surface area contributed by atoms with Crippen molar-refractivity contribution in [2.45, 2.75) is 25.8 Å². The Kier molecular flexibility index (Phi) is 1.88. The molecule has 0 aliphatic heterocycles. The average Bonchev–Trinajstić information content (AvgIpc) is 3.03. The van der Waals surface area contributed by atoms with Crippen molar-refractivity contribution >= 4 is 0 Å². The third-order valence-electron chi connectivity index (χ3n) is 3.01. The molecule has 1 saturated carbocycles. The first-order chi connectivity index (χ1) is 7.36. The van der Waals surface area contributed by atoms with Gasteiger partial charge in [0.15, 0.2) is 0 Å². The van der Waals surface area contributed by atoms with Crippen LogP contribution in [-0.2, 0) is 0 Å². The minimum absolute atomic E-state index is 0.739. The maximum Gasteiger partial charge on any atom is 0.0486 e. The fraction of sp³-hybridized carbons (Fsp3) is 0.308. The summed E-state index contributed by atoms with van der Waals surface area (Å²) in [5.74, 6) is 0. The molecule has 2 aromatic heterocycles. The highest BCUT2D eigenvalue weighted by molar-refractivity contribution is 5.60. The maximum absolute atomic E-state index is 4.06. The van der Waals surface area contributed by atoms with E-state index in [0.717, 1.165) is 6.04 Å². The van der Waals surface area contributed by atoms with Crippen LogP contribution in [0.4, 0.5) is 0 Å². The Balaban J connectivity index is 2.12. The standard InChI is InChI=1S/C13H14N2/c1-10-2-5-13(15(10)12-3-4-12)11-6-8-14-9-7-11/h2,5-9,12H,3-4H2,1H3. The van der Waals surface area contributed by atoms with Gasteiger partial charge in [0.05, 0.1) is 0 Å². The molecular formula is C13H14N2. The van der Waals surface area contributed by atoms with Crippen LogP contribution in [0.25, 0.3) is 11.3 Å². The predicted molar refractivity (Wildman–Crippen MR) is 60.7 cm³/mol. The van der Waals surface area contributed by atoms with Crippen molar-refractivity contribution in [3.8, 4) is 11.3 Å². The first-order valence-electron chi connectivity index (χ1n) is 5.44. The summed E-state index contributed by atoms with van der Waals surface area (Å²) in [6, 6.07) is 9.31. The molecule has 2 heteroatoms. The fourth-order valence-electron chi connectivity index (χ4n) is 2.13. The molecule has 0 unspecified atom stereocenters. The lowest BCUT2D eigenvalue weighted by Crippen LogP contribution is -1.98. The summed E-state index contributed by atoms with van der Waals surface area (Å²) in [6.07, 6.45) is 6.37. The Morgan fingerprint density at radius 2 is 1.87 bits per heavy atom. The summed E-state index contributed by atoms with van der Waals surface area (Å²) < 4.78 is 2.45. The summed E-state index contributed by atoms with van der Waals surface area (Å²) in [5, 5.41) is 0. The van der Waals surface area contributed by atoms with Crippen LogP contribution in [0.3, 0.4) is 0 Å². The molecule has 1 aliphatic rings. The van der Waals surface area contributed by atoms with E-state index in [1.807, 2.05) is 12.4 Å². The van der Waals surface area contributed by atoms with Crippen molar-refractivity contribution in [1.82, 2.24) is 9.55 Å². The van der Waals surface area contributed by atoms with Crippen molar-refractivity contribution in [2.75, 3.05) is 0 Å². The number of nitrogens with zero attached hydrogens (tertiary/aromatic N) is 2. The van der Waals surface area contributed by atoms with Gasteiger partial charge in [0.25, 0.3) is 0 Å². The largest absolute Gasteiger partial charge is 0.342 e. The van der Waals surface area contributed by atoms with E-state index in [4.69, 9.17) is 0 Å². The van der Waals surface area contributed by atoms with Crippen molar-refractivity contribution in [3.05, 3.63) is 42.4 Å². The van der Waals surface area contributed by atoms with Gasteiger partial charge in [-0.25, -0.2) is 0 Å². The molecule has 0 aromatic carbocycles. The van der Waals surface area contributed by atoms with E-state index in [2.05, 4.69) is 40.7 Å². The molecule has 1 aliphatic carbocycles. The molecule has 0 atom stereocenters. The molecule has 2 aromatic rings. The van der Waals surface area contributed by atoms with E-state index >= 15 is 0 Å². The SMILES string of the molecule is Cc1ccc(-c2ccncc2)n1C1CC1. The van der Waals surface area contributed by atoms with E-state index < -0.39 is 0 Å². The molecule has 0 amide bonds. The Hall–Kier alpha value is -1.57. The molecule has 76 valence electrons. The van der Waals surface area contributed by atoms with Crippen LogP contribution in [0.15, 0.2) is 36.7 Å². The summed E-state index contributed by atoms with van der Waals surface area (Å²) >= 11 is 0. The average molecular weight is 198 g/mol. The van der Waals surface area contributed by atoms with Gasteiger partial charge < -0.3 is 4.57 Å². The summed E-state index contributed by atoms with van der Waals surface area (Å²) in [4.78, 5) is 4.06. The highest BCUT2D eigenvalue weighted by Gasteiger charge is 2.26. The monoisotopic (exact) mass is 198 g/mol. The summed E-state index contributed by atoms with van der Waals surface area (Å²) in [5.41, 5.74) is 3.96. The molecule has 1 fully saturated rings. The molecule has 0 spiro atoms. The molecule has 15 heavy (non-hydrogen) atoms. The topological polar surface area (TPSA) is 17.8 Å². The number of aryl methyl sites for hydroxylation is 1. The van der Waals surface area contributed by atoms with Gasteiger partial charge in [0.2, 0.25) is 0 Å². The molecule has 2 nitrogen and oxygen atoms in total. The second-order valence-electron chi connectivity index (χ2n) is 4.20. The number of hydrogen-bond donors (Lipinski definition) is 0. The lowest BCUT2D eigenvalue weighted by molar-refractivity contribution is 0.730. The Morgan fingerprint density at radius 3 is 2.53 bits per heavy atom. The van der Waals surface area contributed by atoms with Crippen LogP contribution in [0.5, 0.6) is 0 Å². The molecule has 3 rings (SSSR count). The van der Waals surface area contributed by atoms with Crippen molar-refractivity contribution in [2.24, 2.45) is 0 Å². The van der Waals surface area contributed by atoms with Crippen LogP contribution < -0.4 is 0 Å². The number of hydrogen-bond acceptors (Lipinski definition) is 1. The highest BCUT2D eigenvalue weighted by Crippen LogP contribution is 2.40. The first kappa shape index (κ1) is 8.72. The normalized spacial score (nSPS) is 15.5. The number of pyridine rings is 1. The summed E-state index contributed by atoms with van der Waals surface area (Å²) in [7, 11) is 0. The van der Waals surface area contributed by atoms with Gasteiger partial charge in [-0.1, -0.05) is 0 Å². The number of aromatic nitrogens is 2. The van der Waals surface area contributed by atoms with Crippen LogP contribution in [0.1, 0.15) is 24.6 Å². The minimum Gasteiger partial charge on any atom is -0.342 e. The lowest BCUT2D eigenvalue weighted by atomic mass is 10.2. The molecule has 2 heterocycles. The van der Waals surface area contributed by atoms with Gasteiger partial charge >= 0.3 is 0 Å². The third-order valence-corrected chi connectivity index (χ3v) is 3.01. The van der Waals surface area contributed by atoms with Gasteiger partial charge in [-0.2, -0.15) is 0 Å². The third kappa shape index (κ3) is 1.46. The second kappa shape index (κ2) is 3.23. The quantitative estimate of drug-likeness (QED) is 0.724. The molecule has 0 N–H and O–H groups in total. The van der Waals surface area contributed by atoms with E-state index in [1.54, 1.807) is 0 Å². The smallest absolute Gasteiger partial charge is 0.0486 e. The number of rotatable bonds is 2. The van der Waals surface area contributed by atoms with E-state index in [0.29, 0.717) is 0 Å². The van der Waals surface area contributed by atoms with E-state index in [-0.39, 0.29) is 0 Å². The van der Waals surface area contributed by atoms with Gasteiger partial charge in [-0.05, 0) is 44.0 Å². The molecule has 0 bridgehead atoms. The Labute approximate surface area is 89.6 Å². The Morgan fingerprint density at radius 1 is 1.13 bits per heavy atom. The predicted octanol–water partition coefficient (Wildman–Crippen LogP) is 3.19. The fourth-order valence-corrected chi connectivity index (χ4v) is 2.13. The Bertz CT molecular complexity index is 467. The zero-order valence-corrected chi connectivity index (χ0v) is 8.85. The van der Waals surface area contributed by atoms with Gasteiger partial charge in [-0.3, -0.25) is 4.98 Å². The van der Waals surface area contributed by atoms with Crippen LogP contribution in [-0.4, -0.2) is 9.55 Å². The van der Waals surface area contributed by atoms with Crippen LogP contribution in [0.2, 0.25) is 0 Å². The van der Waals surface area contributed by atoms with E-state index in [9.17, 15) is 0 Å². The van der Waals surface area contributed by atoms with E-state index in [1.165, 1.54) is 29.8 Å². The molecule has 0 radical (unpaired) electrons. The molecule has 0 saturated heterocycles. The van der Waals surface area contributed by atoms with Gasteiger partial charge in [0.1, 0.15) is 0 Å². The maximum atomic E-state index is 4.06. The molecular weight excluding hydrogens is 184 g/mol. The van der Waals surface area contributed by atoms with Crippen molar-refractivity contribution < 1.29 is 0 Å². The second-order valence-corrected chi connectivity index (χ2v) is 4.20. The van der Waals surface area contributed by atoms with Crippen LogP contribution >= 0.6 is 0 Å². The summed E-state index contributed by atoms with van der Waals surface area (Å²) in [6.45, 7) is 2.18. The minimum atomic E-state index is 0.739. The van der Waals surface area contributed by atoms with Crippen LogP contribution in [0, 0.1) is 6.92 Å². The lowest BCUT2D eigenvalue weighted by Gasteiger charge is -2.10. The van der Waals surface area contributed by atoms with Crippen molar-refractivity contribution in [3.63, 3.8) is 0 Å². The van der Waals surface area contributed by atoms with Crippen molar-refractivity contribution in [1.29, 1.82) is 0 Å². The zero-order chi connectivity index (χ0) is 10.3. The van der Waals surface area contributed by atoms with Gasteiger partial charge in [0, 0.05) is 35.4 Å².